The molecule has 0 aliphatic carbocycles. The molecule has 0 atom stereocenters. The molecule has 16 heavy (non-hydrogen) atoms. The number of anilines is 1. The summed E-state index contributed by atoms with van der Waals surface area (Å²) in [6.45, 7) is 3.59. The summed E-state index contributed by atoms with van der Waals surface area (Å²) >= 11 is 0. The Kier molecular flexibility index (Phi) is 2.68. The summed E-state index contributed by atoms with van der Waals surface area (Å²) in [6, 6.07) is 7.28. The fourth-order valence-electron chi connectivity index (χ4n) is 1.31. The molecule has 0 radical (unpaired) electrons. The molecule has 2 aromatic rings. The average molecular weight is 217 g/mol. The van der Waals surface area contributed by atoms with Crippen molar-refractivity contribution in [1.82, 2.24) is 10.1 Å². The lowest BCUT2D eigenvalue weighted by Gasteiger charge is -2.00. The molecule has 1 heterocycles. The molecule has 0 bridgehead atoms. The van der Waals surface area contributed by atoms with Gasteiger partial charge in [0.05, 0.1) is 0 Å². The van der Waals surface area contributed by atoms with Crippen LogP contribution in [0.3, 0.4) is 0 Å². The summed E-state index contributed by atoms with van der Waals surface area (Å²) < 4.78 is 4.75. The Balaban J connectivity index is 2.14. The summed E-state index contributed by atoms with van der Waals surface area (Å²) in [5.41, 5.74) is 1.60. The minimum absolute atomic E-state index is 0.184. The number of benzene rings is 1. The molecule has 0 saturated heterocycles. The molecular weight excluding hydrogens is 206 g/mol. The van der Waals surface area contributed by atoms with E-state index in [1.54, 1.807) is 19.1 Å². The Morgan fingerprint density at radius 3 is 2.81 bits per heavy atom. The largest absolute Gasteiger partial charge is 0.338 e. The van der Waals surface area contributed by atoms with Crippen molar-refractivity contribution in [1.29, 1.82) is 0 Å². The standard InChI is InChI=1S/C11H11N3O2/c1-7-4-3-5-9(6-7)10(15)13-11-12-8(2)16-14-11/h3-6H,1-2H3,(H,13,14,15). The minimum Gasteiger partial charge on any atom is -0.338 e. The van der Waals surface area contributed by atoms with Gasteiger partial charge < -0.3 is 4.52 Å². The number of aromatic nitrogens is 2. The fourth-order valence-corrected chi connectivity index (χ4v) is 1.31. The lowest BCUT2D eigenvalue weighted by atomic mass is 10.1. The van der Waals surface area contributed by atoms with Crippen molar-refractivity contribution < 1.29 is 9.32 Å². The van der Waals surface area contributed by atoms with E-state index in [4.69, 9.17) is 4.52 Å². The fraction of sp³-hybridized carbons (Fsp3) is 0.182. The summed E-state index contributed by atoms with van der Waals surface area (Å²) in [6.07, 6.45) is 0. The van der Waals surface area contributed by atoms with Crippen LogP contribution in [0.15, 0.2) is 28.8 Å². The van der Waals surface area contributed by atoms with Gasteiger partial charge in [-0.2, -0.15) is 4.98 Å². The first-order valence-electron chi connectivity index (χ1n) is 4.83. The van der Waals surface area contributed by atoms with Crippen molar-refractivity contribution in [2.45, 2.75) is 13.8 Å². The number of nitrogens with one attached hydrogen (secondary N) is 1. The van der Waals surface area contributed by atoms with Gasteiger partial charge in [0.2, 0.25) is 5.89 Å². The second-order valence-electron chi connectivity index (χ2n) is 3.46. The maximum absolute atomic E-state index is 11.7. The monoisotopic (exact) mass is 217 g/mol. The van der Waals surface area contributed by atoms with Crippen LogP contribution < -0.4 is 5.32 Å². The van der Waals surface area contributed by atoms with E-state index >= 15 is 0 Å². The molecule has 1 aromatic carbocycles. The summed E-state index contributed by atoms with van der Waals surface area (Å²) in [7, 11) is 0. The highest BCUT2D eigenvalue weighted by Crippen LogP contribution is 2.07. The van der Waals surface area contributed by atoms with Gasteiger partial charge >= 0.3 is 0 Å². The zero-order chi connectivity index (χ0) is 11.5. The molecule has 0 unspecified atom stereocenters. The van der Waals surface area contributed by atoms with E-state index in [9.17, 15) is 4.79 Å². The van der Waals surface area contributed by atoms with Crippen LogP contribution in [0.25, 0.3) is 0 Å². The van der Waals surface area contributed by atoms with Crippen molar-refractivity contribution in [2.24, 2.45) is 0 Å². The van der Waals surface area contributed by atoms with Gasteiger partial charge in [-0.1, -0.05) is 17.7 Å². The Morgan fingerprint density at radius 2 is 2.19 bits per heavy atom. The summed E-state index contributed by atoms with van der Waals surface area (Å²) in [5.74, 6) is 0.355. The Bertz CT molecular complexity index is 519. The molecule has 5 nitrogen and oxygen atoms in total. The Hall–Kier alpha value is -2.17. The molecule has 1 N–H and O–H groups in total. The van der Waals surface area contributed by atoms with Crippen molar-refractivity contribution in [3.8, 4) is 0 Å². The highest BCUT2D eigenvalue weighted by Gasteiger charge is 2.09. The zero-order valence-corrected chi connectivity index (χ0v) is 9.02. The van der Waals surface area contributed by atoms with Crippen LogP contribution in [0.2, 0.25) is 0 Å². The van der Waals surface area contributed by atoms with Gasteiger partial charge in [0.1, 0.15) is 0 Å². The first-order valence-corrected chi connectivity index (χ1v) is 4.83. The lowest BCUT2D eigenvalue weighted by molar-refractivity contribution is 0.102. The highest BCUT2D eigenvalue weighted by molar-refractivity contribution is 6.03. The van der Waals surface area contributed by atoms with E-state index in [0.29, 0.717) is 11.5 Å². The third-order valence-electron chi connectivity index (χ3n) is 2.03. The summed E-state index contributed by atoms with van der Waals surface area (Å²) in [4.78, 5) is 15.6. The Labute approximate surface area is 92.5 Å². The van der Waals surface area contributed by atoms with Crippen LogP contribution >= 0.6 is 0 Å². The van der Waals surface area contributed by atoms with Crippen molar-refractivity contribution in [3.63, 3.8) is 0 Å². The number of hydrogen-bond donors (Lipinski definition) is 1. The number of aryl methyl sites for hydroxylation is 2. The van der Waals surface area contributed by atoms with E-state index in [1.807, 2.05) is 19.1 Å². The maximum Gasteiger partial charge on any atom is 0.270 e. The van der Waals surface area contributed by atoms with Gasteiger partial charge in [0.25, 0.3) is 11.9 Å². The van der Waals surface area contributed by atoms with Crippen molar-refractivity contribution >= 4 is 11.9 Å². The molecule has 82 valence electrons. The van der Waals surface area contributed by atoms with Gasteiger partial charge in [0.15, 0.2) is 0 Å². The zero-order valence-electron chi connectivity index (χ0n) is 9.02. The van der Waals surface area contributed by atoms with Crippen LogP contribution in [0.1, 0.15) is 21.8 Å². The number of carbonyl (C=O) groups excluding carboxylic acids is 1. The minimum atomic E-state index is -0.246. The molecule has 0 saturated carbocycles. The van der Waals surface area contributed by atoms with Crippen LogP contribution in [0.4, 0.5) is 5.95 Å². The quantitative estimate of drug-likeness (QED) is 0.834. The first-order chi connectivity index (χ1) is 7.65. The third-order valence-corrected chi connectivity index (χ3v) is 2.03. The molecule has 2 rings (SSSR count). The maximum atomic E-state index is 11.7. The number of hydrogen-bond acceptors (Lipinski definition) is 4. The van der Waals surface area contributed by atoms with Gasteiger partial charge in [-0.3, -0.25) is 10.1 Å². The summed E-state index contributed by atoms with van der Waals surface area (Å²) in [5, 5.41) is 6.14. The average Bonchev–Trinajstić information content (AvgIpc) is 2.64. The highest BCUT2D eigenvalue weighted by atomic mass is 16.5. The van der Waals surface area contributed by atoms with E-state index in [2.05, 4.69) is 15.5 Å². The van der Waals surface area contributed by atoms with Crippen molar-refractivity contribution in [2.75, 3.05) is 5.32 Å². The molecule has 0 spiro atoms. The molecule has 5 heteroatoms. The number of rotatable bonds is 2. The van der Waals surface area contributed by atoms with Gasteiger partial charge in [-0.15, -0.1) is 0 Å². The smallest absolute Gasteiger partial charge is 0.270 e. The van der Waals surface area contributed by atoms with Crippen molar-refractivity contribution in [3.05, 3.63) is 41.3 Å². The van der Waals surface area contributed by atoms with Crippen LogP contribution in [0.5, 0.6) is 0 Å². The molecule has 1 amide bonds. The van der Waals surface area contributed by atoms with E-state index in [-0.39, 0.29) is 11.9 Å². The SMILES string of the molecule is Cc1cccc(C(=O)Nc2noc(C)n2)c1. The van der Waals surface area contributed by atoms with Gasteiger partial charge in [-0.05, 0) is 24.2 Å². The van der Waals surface area contributed by atoms with Gasteiger partial charge in [0, 0.05) is 12.5 Å². The molecule has 1 aromatic heterocycles. The molecule has 0 aliphatic rings. The second kappa shape index (κ2) is 4.14. The topological polar surface area (TPSA) is 68.0 Å². The van der Waals surface area contributed by atoms with E-state index < -0.39 is 0 Å². The van der Waals surface area contributed by atoms with E-state index in [0.717, 1.165) is 5.56 Å². The molecule has 0 fully saturated rings. The number of amides is 1. The van der Waals surface area contributed by atoms with Gasteiger partial charge in [-0.25, -0.2) is 0 Å². The second-order valence-corrected chi connectivity index (χ2v) is 3.46. The Morgan fingerprint density at radius 1 is 1.38 bits per heavy atom. The normalized spacial score (nSPS) is 10.1. The predicted molar refractivity (Wildman–Crippen MR) is 58.2 cm³/mol. The van der Waals surface area contributed by atoms with Crippen LogP contribution in [0, 0.1) is 13.8 Å². The predicted octanol–water partition coefficient (Wildman–Crippen LogP) is 1.94. The van der Waals surface area contributed by atoms with Crippen LogP contribution in [-0.4, -0.2) is 16.0 Å². The lowest BCUT2D eigenvalue weighted by Crippen LogP contribution is -2.12. The first kappa shape index (κ1) is 10.4. The number of nitrogens with zero attached hydrogens (tertiary/aromatic N) is 2. The number of carbonyl (C=O) groups is 1. The molecular formula is C11H11N3O2. The van der Waals surface area contributed by atoms with E-state index in [1.165, 1.54) is 0 Å². The van der Waals surface area contributed by atoms with Crippen LogP contribution in [-0.2, 0) is 0 Å². The molecule has 0 aliphatic heterocycles. The third kappa shape index (κ3) is 2.25.